The third-order valence-corrected chi connectivity index (χ3v) is 2.91. The summed E-state index contributed by atoms with van der Waals surface area (Å²) in [6.07, 6.45) is 5.60. The van der Waals surface area contributed by atoms with Crippen molar-refractivity contribution in [3.8, 4) is 5.75 Å². The number of aromatic nitrogens is 1. The van der Waals surface area contributed by atoms with Crippen LogP contribution in [0.4, 0.5) is 0 Å². The van der Waals surface area contributed by atoms with Gasteiger partial charge in [0.25, 0.3) is 0 Å². The summed E-state index contributed by atoms with van der Waals surface area (Å²) < 4.78 is 15.9. The fourth-order valence-corrected chi connectivity index (χ4v) is 1.85. The van der Waals surface area contributed by atoms with Gasteiger partial charge in [-0.1, -0.05) is 37.2 Å². The molecule has 0 unspecified atom stereocenters. The van der Waals surface area contributed by atoms with Crippen molar-refractivity contribution < 1.29 is 14.0 Å². The van der Waals surface area contributed by atoms with E-state index < -0.39 is 0 Å². The predicted octanol–water partition coefficient (Wildman–Crippen LogP) is 4.51. The smallest absolute Gasteiger partial charge is 0.124 e. The second-order valence-corrected chi connectivity index (χ2v) is 4.58. The molecule has 2 rings (SSSR count). The maximum atomic E-state index is 5.58. The molecule has 122 valence electrons. The first-order chi connectivity index (χ1) is 10.9. The highest BCUT2D eigenvalue weighted by molar-refractivity contribution is 5.20. The second-order valence-electron chi connectivity index (χ2n) is 4.58. The van der Waals surface area contributed by atoms with E-state index >= 15 is 0 Å². The molecular weight excluding hydrogens is 278 g/mol. The summed E-state index contributed by atoms with van der Waals surface area (Å²) in [4.78, 5) is 0. The van der Waals surface area contributed by atoms with E-state index in [1.54, 1.807) is 6.26 Å². The van der Waals surface area contributed by atoms with Crippen molar-refractivity contribution in [3.63, 3.8) is 0 Å². The van der Waals surface area contributed by atoms with Gasteiger partial charge in [-0.25, -0.2) is 0 Å². The molecule has 0 saturated carbocycles. The Balaban J connectivity index is 0.00000116. The standard InChI is InChI=1S/C16H21NO3.C2H6/c1-2-8-16(9-3-1)19-13-6-12-18-11-5-4-7-15-10-14-20-17-15;1-2/h1-3,8-10,14H,4-7,11-13H2;1-2H3. The lowest BCUT2D eigenvalue weighted by molar-refractivity contribution is 0.116. The molecule has 4 heteroatoms. The third-order valence-electron chi connectivity index (χ3n) is 2.91. The first-order valence-corrected chi connectivity index (χ1v) is 8.10. The molecule has 0 aliphatic heterocycles. The molecule has 1 aromatic carbocycles. The minimum absolute atomic E-state index is 0.697. The summed E-state index contributed by atoms with van der Waals surface area (Å²) >= 11 is 0. The van der Waals surface area contributed by atoms with Crippen molar-refractivity contribution in [1.82, 2.24) is 5.16 Å². The molecule has 0 atom stereocenters. The molecule has 4 nitrogen and oxygen atoms in total. The Kier molecular flexibility index (Phi) is 10.7. The third kappa shape index (κ3) is 8.47. The molecule has 2 aromatic rings. The molecule has 0 radical (unpaired) electrons. The minimum Gasteiger partial charge on any atom is -0.494 e. The number of ether oxygens (including phenoxy) is 2. The van der Waals surface area contributed by atoms with E-state index in [0.717, 1.165) is 50.3 Å². The summed E-state index contributed by atoms with van der Waals surface area (Å²) in [5.74, 6) is 0.917. The van der Waals surface area contributed by atoms with Crippen LogP contribution in [0, 0.1) is 0 Å². The zero-order chi connectivity index (χ0) is 15.9. The van der Waals surface area contributed by atoms with Crippen molar-refractivity contribution in [2.24, 2.45) is 0 Å². The first kappa shape index (κ1) is 18.2. The van der Waals surface area contributed by atoms with Gasteiger partial charge in [0, 0.05) is 25.7 Å². The number of hydrogen-bond acceptors (Lipinski definition) is 4. The minimum atomic E-state index is 0.697. The van der Waals surface area contributed by atoms with Crippen molar-refractivity contribution in [1.29, 1.82) is 0 Å². The van der Waals surface area contributed by atoms with Crippen LogP contribution in [0.5, 0.6) is 5.75 Å². The van der Waals surface area contributed by atoms with Gasteiger partial charge in [-0.15, -0.1) is 0 Å². The lowest BCUT2D eigenvalue weighted by Crippen LogP contribution is -2.04. The van der Waals surface area contributed by atoms with Gasteiger partial charge in [-0.3, -0.25) is 0 Å². The predicted molar refractivity (Wildman–Crippen MR) is 88.2 cm³/mol. The Morgan fingerprint density at radius 1 is 0.909 bits per heavy atom. The SMILES string of the molecule is CC.c1ccc(OCCCOCCCCc2ccon2)cc1. The maximum absolute atomic E-state index is 5.58. The van der Waals surface area contributed by atoms with E-state index in [4.69, 9.17) is 14.0 Å². The molecule has 0 fully saturated rings. The lowest BCUT2D eigenvalue weighted by Gasteiger charge is -2.06. The fourth-order valence-electron chi connectivity index (χ4n) is 1.85. The van der Waals surface area contributed by atoms with E-state index in [1.807, 2.05) is 50.2 Å². The van der Waals surface area contributed by atoms with Crippen LogP contribution in [-0.4, -0.2) is 25.0 Å². The summed E-state index contributed by atoms with van der Waals surface area (Å²) in [5.41, 5.74) is 1.02. The first-order valence-electron chi connectivity index (χ1n) is 8.10. The molecule has 0 saturated heterocycles. The van der Waals surface area contributed by atoms with Gasteiger partial charge in [0.1, 0.15) is 12.0 Å². The highest BCUT2D eigenvalue weighted by atomic mass is 16.5. The molecule has 0 bridgehead atoms. The van der Waals surface area contributed by atoms with Gasteiger partial charge in [0.2, 0.25) is 0 Å². The second kappa shape index (κ2) is 12.9. The van der Waals surface area contributed by atoms with Gasteiger partial charge >= 0.3 is 0 Å². The zero-order valence-electron chi connectivity index (χ0n) is 13.7. The molecule has 0 N–H and O–H groups in total. The van der Waals surface area contributed by atoms with Crippen LogP contribution in [-0.2, 0) is 11.2 Å². The van der Waals surface area contributed by atoms with Crippen LogP contribution in [0.15, 0.2) is 47.2 Å². The Hall–Kier alpha value is -1.81. The van der Waals surface area contributed by atoms with E-state index in [0.29, 0.717) is 6.61 Å². The molecule has 0 amide bonds. The number of benzene rings is 1. The summed E-state index contributed by atoms with van der Waals surface area (Å²) in [7, 11) is 0. The molecule has 1 aromatic heterocycles. The maximum Gasteiger partial charge on any atom is 0.124 e. The average Bonchev–Trinajstić information content (AvgIpc) is 3.09. The Bertz CT molecular complexity index is 443. The van der Waals surface area contributed by atoms with Gasteiger partial charge in [-0.2, -0.15) is 0 Å². The molecule has 1 heterocycles. The number of aryl methyl sites for hydroxylation is 1. The molecule has 0 aliphatic rings. The van der Waals surface area contributed by atoms with E-state index in [2.05, 4.69) is 5.16 Å². The molecule has 22 heavy (non-hydrogen) atoms. The Labute approximate surface area is 133 Å². The summed E-state index contributed by atoms with van der Waals surface area (Å²) in [6, 6.07) is 11.8. The number of para-hydroxylation sites is 1. The van der Waals surface area contributed by atoms with Crippen LogP contribution in [0.3, 0.4) is 0 Å². The molecule has 0 aliphatic carbocycles. The number of hydrogen-bond donors (Lipinski definition) is 0. The molecular formula is C18H27NO3. The van der Waals surface area contributed by atoms with E-state index in [9.17, 15) is 0 Å². The number of unbranched alkanes of at least 4 members (excludes halogenated alkanes) is 1. The van der Waals surface area contributed by atoms with Gasteiger partial charge in [0.05, 0.1) is 12.3 Å². The topological polar surface area (TPSA) is 44.5 Å². The number of nitrogens with zero attached hydrogens (tertiary/aromatic N) is 1. The van der Waals surface area contributed by atoms with Crippen molar-refractivity contribution in [2.75, 3.05) is 19.8 Å². The summed E-state index contributed by atoms with van der Waals surface area (Å²) in [5, 5.41) is 3.87. The Morgan fingerprint density at radius 2 is 1.68 bits per heavy atom. The zero-order valence-corrected chi connectivity index (χ0v) is 13.7. The Morgan fingerprint density at radius 3 is 2.41 bits per heavy atom. The highest BCUT2D eigenvalue weighted by Crippen LogP contribution is 2.08. The highest BCUT2D eigenvalue weighted by Gasteiger charge is 1.97. The van der Waals surface area contributed by atoms with E-state index in [1.165, 1.54) is 0 Å². The lowest BCUT2D eigenvalue weighted by atomic mass is 10.2. The van der Waals surface area contributed by atoms with Crippen LogP contribution < -0.4 is 4.74 Å². The van der Waals surface area contributed by atoms with Crippen LogP contribution >= 0.6 is 0 Å². The monoisotopic (exact) mass is 305 g/mol. The quantitative estimate of drug-likeness (QED) is 0.606. The fraction of sp³-hybridized carbons (Fsp3) is 0.500. The average molecular weight is 305 g/mol. The van der Waals surface area contributed by atoms with Crippen LogP contribution in [0.2, 0.25) is 0 Å². The van der Waals surface area contributed by atoms with E-state index in [-0.39, 0.29) is 0 Å². The summed E-state index contributed by atoms with van der Waals surface area (Å²) in [6.45, 7) is 6.24. The van der Waals surface area contributed by atoms with Crippen molar-refractivity contribution in [3.05, 3.63) is 48.4 Å². The number of rotatable bonds is 10. The van der Waals surface area contributed by atoms with Gasteiger partial charge in [-0.05, 0) is 31.4 Å². The molecule has 0 spiro atoms. The van der Waals surface area contributed by atoms with Gasteiger partial charge in [0.15, 0.2) is 0 Å². The van der Waals surface area contributed by atoms with Gasteiger partial charge < -0.3 is 14.0 Å². The van der Waals surface area contributed by atoms with Crippen LogP contribution in [0.25, 0.3) is 0 Å². The van der Waals surface area contributed by atoms with Crippen molar-refractivity contribution >= 4 is 0 Å². The van der Waals surface area contributed by atoms with Crippen LogP contribution in [0.1, 0.15) is 38.8 Å². The van der Waals surface area contributed by atoms with Crippen molar-refractivity contribution in [2.45, 2.75) is 39.5 Å². The normalized spacial score (nSPS) is 9.91. The largest absolute Gasteiger partial charge is 0.494 e.